The predicted octanol–water partition coefficient (Wildman–Crippen LogP) is 4.10. The summed E-state index contributed by atoms with van der Waals surface area (Å²) in [4.78, 5) is 14.2. The van der Waals surface area contributed by atoms with Gasteiger partial charge in [-0.3, -0.25) is 4.79 Å². The number of carbonyl (C=O) groups excluding carboxylic acids is 1. The highest BCUT2D eigenvalue weighted by molar-refractivity contribution is 5.87. The van der Waals surface area contributed by atoms with Crippen LogP contribution < -0.4 is 5.32 Å². The molecule has 1 saturated heterocycles. The second-order valence-electron chi connectivity index (χ2n) is 6.60. The zero-order valence-corrected chi connectivity index (χ0v) is 14.7. The highest BCUT2D eigenvalue weighted by Gasteiger charge is 2.37. The lowest BCUT2D eigenvalue weighted by molar-refractivity contribution is -0.137. The summed E-state index contributed by atoms with van der Waals surface area (Å²) >= 11 is 0. The molecule has 1 aliphatic rings. The number of carbonyl (C=O) groups is 1. The van der Waals surface area contributed by atoms with Gasteiger partial charge in [-0.05, 0) is 37.1 Å². The van der Waals surface area contributed by atoms with Crippen molar-refractivity contribution >= 4 is 11.6 Å². The van der Waals surface area contributed by atoms with Crippen LogP contribution in [0.5, 0.6) is 0 Å². The van der Waals surface area contributed by atoms with Crippen molar-refractivity contribution in [3.05, 3.63) is 64.7 Å². The number of nitriles is 1. The lowest BCUT2D eigenvalue weighted by Crippen LogP contribution is -2.33. The smallest absolute Gasteiger partial charge is 0.373 e. The Morgan fingerprint density at radius 1 is 1.22 bits per heavy atom. The van der Waals surface area contributed by atoms with Crippen LogP contribution in [0.3, 0.4) is 0 Å². The Kier molecular flexibility index (Phi) is 5.08. The maximum atomic E-state index is 13.3. The van der Waals surface area contributed by atoms with E-state index in [0.717, 1.165) is 17.2 Å². The van der Waals surface area contributed by atoms with Gasteiger partial charge in [0.2, 0.25) is 5.91 Å². The first-order valence-electron chi connectivity index (χ1n) is 8.50. The van der Waals surface area contributed by atoms with E-state index in [1.165, 1.54) is 12.1 Å². The van der Waals surface area contributed by atoms with E-state index < -0.39 is 17.8 Å². The molecule has 7 heteroatoms. The lowest BCUT2D eigenvalue weighted by atomic mass is 10.1. The third-order valence-corrected chi connectivity index (χ3v) is 4.58. The van der Waals surface area contributed by atoms with Crippen molar-refractivity contribution in [3.8, 4) is 6.07 Å². The molecule has 1 atom stereocenters. The normalized spacial score (nSPS) is 17.1. The number of anilines is 1. The third-order valence-electron chi connectivity index (χ3n) is 4.58. The number of aryl methyl sites for hydroxylation is 1. The van der Waals surface area contributed by atoms with E-state index in [2.05, 4.69) is 5.32 Å². The fourth-order valence-electron chi connectivity index (χ4n) is 3.11. The SMILES string of the molecule is Cc1ccc(CN2CCC(Nc3ccc(C#N)cc3C(F)(F)F)C2=O)cc1. The standard InChI is InChI=1S/C20H18F3N3O/c1-13-2-4-14(5-3-13)12-26-9-8-18(19(26)27)25-17-7-6-15(11-24)10-16(17)20(21,22)23/h2-7,10,18,25H,8-9,12H2,1H3. The molecule has 0 saturated carbocycles. The van der Waals surface area contributed by atoms with Crippen LogP contribution >= 0.6 is 0 Å². The van der Waals surface area contributed by atoms with Gasteiger partial charge in [0.05, 0.1) is 17.2 Å². The number of likely N-dealkylation sites (tertiary alicyclic amines) is 1. The molecule has 0 radical (unpaired) electrons. The number of amides is 1. The minimum absolute atomic E-state index is 0.0772. The summed E-state index contributed by atoms with van der Waals surface area (Å²) in [6.07, 6.45) is -4.19. The predicted molar refractivity (Wildman–Crippen MR) is 94.8 cm³/mol. The molecule has 1 amide bonds. The summed E-state index contributed by atoms with van der Waals surface area (Å²) in [6, 6.07) is 12.1. The second kappa shape index (κ2) is 7.31. The molecule has 4 nitrogen and oxygen atoms in total. The van der Waals surface area contributed by atoms with E-state index in [1.54, 1.807) is 11.0 Å². The Hall–Kier alpha value is -3.01. The first kappa shape index (κ1) is 18.8. The van der Waals surface area contributed by atoms with Gasteiger partial charge in [-0.2, -0.15) is 18.4 Å². The van der Waals surface area contributed by atoms with Gasteiger partial charge in [0.25, 0.3) is 0 Å². The van der Waals surface area contributed by atoms with Gasteiger partial charge in [0, 0.05) is 18.8 Å². The van der Waals surface area contributed by atoms with Crippen LogP contribution in [0.15, 0.2) is 42.5 Å². The summed E-state index contributed by atoms with van der Waals surface area (Å²) < 4.78 is 39.9. The van der Waals surface area contributed by atoms with Crippen LogP contribution in [0, 0.1) is 18.3 Å². The molecule has 0 aromatic heterocycles. The van der Waals surface area contributed by atoms with Gasteiger partial charge in [-0.15, -0.1) is 0 Å². The number of nitrogens with zero attached hydrogens (tertiary/aromatic N) is 2. The Morgan fingerprint density at radius 3 is 2.56 bits per heavy atom. The van der Waals surface area contributed by atoms with Crippen molar-refractivity contribution in [2.45, 2.75) is 32.1 Å². The van der Waals surface area contributed by atoms with Crippen LogP contribution in [-0.4, -0.2) is 23.4 Å². The topological polar surface area (TPSA) is 56.1 Å². The number of hydrogen-bond donors (Lipinski definition) is 1. The summed E-state index contributed by atoms with van der Waals surface area (Å²) in [6.45, 7) is 2.87. The fourth-order valence-corrected chi connectivity index (χ4v) is 3.11. The summed E-state index contributed by atoms with van der Waals surface area (Å²) in [5.41, 5.74) is 0.894. The number of hydrogen-bond acceptors (Lipinski definition) is 3. The third kappa shape index (κ3) is 4.22. The average molecular weight is 373 g/mol. The largest absolute Gasteiger partial charge is 0.418 e. The first-order chi connectivity index (χ1) is 12.8. The van der Waals surface area contributed by atoms with E-state index >= 15 is 0 Å². The molecule has 1 unspecified atom stereocenters. The van der Waals surface area contributed by atoms with Crippen molar-refractivity contribution in [3.63, 3.8) is 0 Å². The minimum Gasteiger partial charge on any atom is -0.373 e. The van der Waals surface area contributed by atoms with E-state index in [1.807, 2.05) is 31.2 Å². The molecule has 0 bridgehead atoms. The molecule has 1 aliphatic heterocycles. The Morgan fingerprint density at radius 2 is 1.93 bits per heavy atom. The number of alkyl halides is 3. The van der Waals surface area contributed by atoms with Crippen molar-refractivity contribution in [1.29, 1.82) is 5.26 Å². The molecule has 27 heavy (non-hydrogen) atoms. The summed E-state index contributed by atoms with van der Waals surface area (Å²) in [5, 5.41) is 11.6. The summed E-state index contributed by atoms with van der Waals surface area (Å²) in [7, 11) is 0. The van der Waals surface area contributed by atoms with Gasteiger partial charge in [-0.25, -0.2) is 0 Å². The molecule has 1 N–H and O–H groups in total. The van der Waals surface area contributed by atoms with E-state index in [-0.39, 0.29) is 17.2 Å². The van der Waals surface area contributed by atoms with Crippen molar-refractivity contribution in [2.24, 2.45) is 0 Å². The quantitative estimate of drug-likeness (QED) is 0.878. The van der Waals surface area contributed by atoms with E-state index in [0.29, 0.717) is 19.5 Å². The Labute approximate surface area is 155 Å². The number of benzene rings is 2. The maximum absolute atomic E-state index is 13.3. The minimum atomic E-state index is -4.61. The maximum Gasteiger partial charge on any atom is 0.418 e. The van der Waals surface area contributed by atoms with Crippen LogP contribution in [0.4, 0.5) is 18.9 Å². The average Bonchev–Trinajstić information content (AvgIpc) is 2.96. The van der Waals surface area contributed by atoms with Gasteiger partial charge in [0.1, 0.15) is 6.04 Å². The van der Waals surface area contributed by atoms with Crippen LogP contribution in [0.25, 0.3) is 0 Å². The van der Waals surface area contributed by atoms with Gasteiger partial charge in [0.15, 0.2) is 0 Å². The van der Waals surface area contributed by atoms with Crippen molar-refractivity contribution in [1.82, 2.24) is 4.90 Å². The molecule has 0 aliphatic carbocycles. The molecular formula is C20H18F3N3O. The molecule has 1 fully saturated rings. The monoisotopic (exact) mass is 373 g/mol. The highest BCUT2D eigenvalue weighted by atomic mass is 19.4. The highest BCUT2D eigenvalue weighted by Crippen LogP contribution is 2.36. The van der Waals surface area contributed by atoms with E-state index in [9.17, 15) is 18.0 Å². The number of halogens is 3. The second-order valence-corrected chi connectivity index (χ2v) is 6.60. The van der Waals surface area contributed by atoms with Crippen LogP contribution in [0.2, 0.25) is 0 Å². The van der Waals surface area contributed by atoms with Crippen molar-refractivity contribution in [2.75, 3.05) is 11.9 Å². The van der Waals surface area contributed by atoms with Crippen LogP contribution in [0.1, 0.15) is 28.7 Å². The molecular weight excluding hydrogens is 355 g/mol. The van der Waals surface area contributed by atoms with Crippen molar-refractivity contribution < 1.29 is 18.0 Å². The molecule has 2 aromatic carbocycles. The molecule has 0 spiro atoms. The Balaban J connectivity index is 1.75. The zero-order chi connectivity index (χ0) is 19.6. The molecule has 140 valence electrons. The Bertz CT molecular complexity index is 885. The van der Waals surface area contributed by atoms with Gasteiger partial charge in [-0.1, -0.05) is 29.8 Å². The number of rotatable bonds is 4. The van der Waals surface area contributed by atoms with Gasteiger partial charge < -0.3 is 10.2 Å². The number of nitrogens with one attached hydrogen (secondary N) is 1. The lowest BCUT2D eigenvalue weighted by Gasteiger charge is -2.20. The summed E-state index contributed by atoms with van der Waals surface area (Å²) in [5.74, 6) is -0.229. The zero-order valence-electron chi connectivity index (χ0n) is 14.7. The molecule has 2 aromatic rings. The molecule has 3 rings (SSSR count). The van der Waals surface area contributed by atoms with Gasteiger partial charge >= 0.3 is 6.18 Å². The first-order valence-corrected chi connectivity index (χ1v) is 8.50. The van der Waals surface area contributed by atoms with E-state index in [4.69, 9.17) is 5.26 Å². The fraction of sp³-hybridized carbons (Fsp3) is 0.300. The van der Waals surface area contributed by atoms with Crippen LogP contribution in [-0.2, 0) is 17.5 Å². The molecule has 1 heterocycles.